The summed E-state index contributed by atoms with van der Waals surface area (Å²) in [5.74, 6) is 0. The van der Waals surface area contributed by atoms with Crippen LogP contribution in [0.2, 0.25) is 0 Å². The number of aromatic amines is 1. The summed E-state index contributed by atoms with van der Waals surface area (Å²) in [6.45, 7) is -0.411. The van der Waals surface area contributed by atoms with E-state index in [0.29, 0.717) is 0 Å². The van der Waals surface area contributed by atoms with Crippen molar-refractivity contribution in [2.24, 2.45) is 0 Å². The van der Waals surface area contributed by atoms with Crippen LogP contribution in [-0.2, 0) is 4.74 Å². The Bertz CT molecular complexity index is 513. The number of nitrogens with zero attached hydrogens (tertiary/aromatic N) is 1. The normalized spacial score (nSPS) is 32.9. The van der Waals surface area contributed by atoms with Crippen LogP contribution < -0.4 is 5.56 Å². The lowest BCUT2D eigenvalue weighted by atomic mass is 10.1. The number of nitrogens with one attached hydrogen (secondary N) is 1. The van der Waals surface area contributed by atoms with E-state index in [1.54, 1.807) is 0 Å². The Morgan fingerprint density at radius 2 is 2.18 bits per heavy atom. The molecule has 1 fully saturated rings. The Hall–Kier alpha value is -1.06. The van der Waals surface area contributed by atoms with Gasteiger partial charge < -0.3 is 20.1 Å². The first-order valence-electron chi connectivity index (χ1n) is 4.98. The number of H-pyrrole nitrogens is 1. The van der Waals surface area contributed by atoms with Crippen molar-refractivity contribution in [3.63, 3.8) is 0 Å². The van der Waals surface area contributed by atoms with Gasteiger partial charge in [-0.1, -0.05) is 0 Å². The van der Waals surface area contributed by atoms with Crippen molar-refractivity contribution in [1.29, 1.82) is 0 Å². The fourth-order valence-electron chi connectivity index (χ4n) is 1.74. The first kappa shape index (κ1) is 12.4. The van der Waals surface area contributed by atoms with Crippen LogP contribution in [0.15, 0.2) is 17.1 Å². The molecule has 17 heavy (non-hydrogen) atoms. The second kappa shape index (κ2) is 4.67. The van der Waals surface area contributed by atoms with Crippen LogP contribution in [0, 0.1) is 4.77 Å². The summed E-state index contributed by atoms with van der Waals surface area (Å²) in [6.07, 6.45) is -2.85. The van der Waals surface area contributed by atoms with Gasteiger partial charge in [0.05, 0.1) is 6.61 Å². The van der Waals surface area contributed by atoms with E-state index in [0.717, 1.165) is 0 Å². The summed E-state index contributed by atoms with van der Waals surface area (Å²) in [5, 5.41) is 28.3. The molecule has 0 spiro atoms. The number of aliphatic hydroxyl groups excluding tert-OH is 3. The third kappa shape index (κ3) is 2.17. The highest BCUT2D eigenvalue weighted by Crippen LogP contribution is 2.28. The Morgan fingerprint density at radius 1 is 1.47 bits per heavy atom. The van der Waals surface area contributed by atoms with Crippen LogP contribution >= 0.6 is 12.2 Å². The summed E-state index contributed by atoms with van der Waals surface area (Å²) in [5.41, 5.74) is -0.363. The number of aromatic nitrogens is 2. The molecule has 1 aromatic rings. The van der Waals surface area contributed by atoms with Gasteiger partial charge in [0, 0.05) is 12.3 Å². The summed E-state index contributed by atoms with van der Waals surface area (Å²) >= 11 is 4.91. The Balaban J connectivity index is 2.35. The molecule has 1 aliphatic heterocycles. The molecular weight excluding hydrogens is 248 g/mol. The summed E-state index contributed by atoms with van der Waals surface area (Å²) < 4.78 is 6.66. The summed E-state index contributed by atoms with van der Waals surface area (Å²) in [4.78, 5) is 13.4. The molecule has 0 radical (unpaired) electrons. The number of hydrogen-bond donors (Lipinski definition) is 4. The highest BCUT2D eigenvalue weighted by molar-refractivity contribution is 7.71. The van der Waals surface area contributed by atoms with Gasteiger partial charge in [0.15, 0.2) is 11.0 Å². The van der Waals surface area contributed by atoms with Crippen molar-refractivity contribution in [3.05, 3.63) is 27.4 Å². The smallest absolute Gasteiger partial charge is 0.251 e. The van der Waals surface area contributed by atoms with Crippen LogP contribution in [0.25, 0.3) is 0 Å². The second-order valence-electron chi connectivity index (χ2n) is 3.75. The van der Waals surface area contributed by atoms with E-state index < -0.39 is 31.1 Å². The largest absolute Gasteiger partial charge is 0.394 e. The van der Waals surface area contributed by atoms with Gasteiger partial charge in [-0.3, -0.25) is 14.3 Å². The predicted octanol–water partition coefficient (Wildman–Crippen LogP) is -1.48. The third-order valence-corrected chi connectivity index (χ3v) is 2.96. The van der Waals surface area contributed by atoms with Crippen molar-refractivity contribution >= 4 is 12.2 Å². The number of hydrogen-bond acceptors (Lipinski definition) is 6. The highest BCUT2D eigenvalue weighted by atomic mass is 32.1. The summed E-state index contributed by atoms with van der Waals surface area (Å²) in [6, 6.07) is 1.23. The van der Waals surface area contributed by atoms with Gasteiger partial charge in [-0.05, 0) is 12.2 Å². The molecule has 0 saturated carbocycles. The van der Waals surface area contributed by atoms with E-state index >= 15 is 0 Å². The standard InChI is InChI=1S/C9H12N2O5S/c12-3-4-6(14)7(15)8(16-4)11-2-1-5(13)10-9(11)17/h1-2,4,6-8,12,14-15H,3H2,(H,10,13,17)/t4-,6+,7?,8-/m1/s1. The molecule has 1 aromatic heterocycles. The molecule has 0 amide bonds. The zero-order chi connectivity index (χ0) is 12.6. The van der Waals surface area contributed by atoms with Gasteiger partial charge in [0.2, 0.25) is 0 Å². The van der Waals surface area contributed by atoms with E-state index in [-0.39, 0.29) is 10.3 Å². The molecule has 8 heteroatoms. The van der Waals surface area contributed by atoms with Gasteiger partial charge >= 0.3 is 0 Å². The van der Waals surface area contributed by atoms with E-state index in [4.69, 9.17) is 22.1 Å². The van der Waals surface area contributed by atoms with Crippen molar-refractivity contribution in [2.75, 3.05) is 6.61 Å². The SMILES string of the molecule is O=c1ccn([C@@H]2O[C@H](CO)[C@H](O)C2O)c(=S)[nH]1. The van der Waals surface area contributed by atoms with Crippen LogP contribution in [0.5, 0.6) is 0 Å². The Morgan fingerprint density at radius 3 is 2.71 bits per heavy atom. The summed E-state index contributed by atoms with van der Waals surface area (Å²) in [7, 11) is 0. The zero-order valence-electron chi connectivity index (χ0n) is 8.68. The second-order valence-corrected chi connectivity index (χ2v) is 4.13. The molecule has 7 nitrogen and oxygen atoms in total. The number of aliphatic hydroxyl groups is 3. The third-order valence-electron chi connectivity index (χ3n) is 2.64. The maximum absolute atomic E-state index is 11.0. The van der Waals surface area contributed by atoms with Crippen LogP contribution in [-0.4, -0.2) is 49.8 Å². The molecule has 1 saturated heterocycles. The maximum atomic E-state index is 11.0. The lowest BCUT2D eigenvalue weighted by molar-refractivity contribution is -0.0541. The van der Waals surface area contributed by atoms with Crippen LogP contribution in [0.1, 0.15) is 6.23 Å². The van der Waals surface area contributed by atoms with Crippen LogP contribution in [0.4, 0.5) is 0 Å². The van der Waals surface area contributed by atoms with E-state index in [9.17, 15) is 15.0 Å². The molecule has 0 bridgehead atoms. The molecule has 2 heterocycles. The Labute approximate surface area is 101 Å². The monoisotopic (exact) mass is 260 g/mol. The predicted molar refractivity (Wildman–Crippen MR) is 58.9 cm³/mol. The molecule has 1 aliphatic rings. The van der Waals surface area contributed by atoms with Gasteiger partial charge in [0.1, 0.15) is 18.3 Å². The average Bonchev–Trinajstić information content (AvgIpc) is 2.57. The molecule has 4 atom stereocenters. The number of rotatable bonds is 2. The van der Waals surface area contributed by atoms with Gasteiger partial charge in [-0.25, -0.2) is 0 Å². The van der Waals surface area contributed by atoms with Crippen molar-refractivity contribution < 1.29 is 20.1 Å². The lowest BCUT2D eigenvalue weighted by Crippen LogP contribution is -2.33. The fourth-order valence-corrected chi connectivity index (χ4v) is 2.00. The van der Waals surface area contributed by atoms with E-state index in [2.05, 4.69) is 4.98 Å². The van der Waals surface area contributed by atoms with Crippen molar-refractivity contribution in [3.8, 4) is 0 Å². The highest BCUT2D eigenvalue weighted by Gasteiger charge is 2.43. The van der Waals surface area contributed by atoms with Crippen molar-refractivity contribution in [1.82, 2.24) is 9.55 Å². The molecule has 94 valence electrons. The van der Waals surface area contributed by atoms with Crippen molar-refractivity contribution in [2.45, 2.75) is 24.5 Å². The van der Waals surface area contributed by atoms with Gasteiger partial charge in [0.25, 0.3) is 5.56 Å². The molecule has 4 N–H and O–H groups in total. The lowest BCUT2D eigenvalue weighted by Gasteiger charge is -2.17. The van der Waals surface area contributed by atoms with Gasteiger partial charge in [-0.15, -0.1) is 0 Å². The maximum Gasteiger partial charge on any atom is 0.251 e. The minimum atomic E-state index is -1.22. The average molecular weight is 260 g/mol. The molecule has 1 unspecified atom stereocenters. The quantitative estimate of drug-likeness (QED) is 0.483. The van der Waals surface area contributed by atoms with E-state index in [1.807, 2.05) is 0 Å². The minimum Gasteiger partial charge on any atom is -0.394 e. The van der Waals surface area contributed by atoms with E-state index in [1.165, 1.54) is 16.8 Å². The molecular formula is C9H12N2O5S. The molecule has 0 aromatic carbocycles. The number of ether oxygens (including phenoxy) is 1. The van der Waals surface area contributed by atoms with Crippen LogP contribution in [0.3, 0.4) is 0 Å². The first-order valence-corrected chi connectivity index (χ1v) is 5.39. The molecule has 2 rings (SSSR count). The zero-order valence-corrected chi connectivity index (χ0v) is 9.50. The Kier molecular flexibility index (Phi) is 3.40. The molecule has 0 aliphatic carbocycles. The van der Waals surface area contributed by atoms with Gasteiger partial charge in [-0.2, -0.15) is 0 Å². The fraction of sp³-hybridized carbons (Fsp3) is 0.556. The minimum absolute atomic E-state index is 0.0762. The first-order chi connectivity index (χ1) is 8.04. The topological polar surface area (TPSA) is 108 Å².